The van der Waals surface area contributed by atoms with Crippen LogP contribution in [0.2, 0.25) is 0 Å². The molecule has 2 heterocycles. The minimum Gasteiger partial charge on any atom is -0.445 e. The zero-order valence-corrected chi connectivity index (χ0v) is 19.5. The number of rotatable bonds is 3. The number of hydrogen-bond donors (Lipinski definition) is 1. The fourth-order valence-corrected chi connectivity index (χ4v) is 4.21. The third kappa shape index (κ3) is 3.56. The van der Waals surface area contributed by atoms with Gasteiger partial charge in [0.1, 0.15) is 0 Å². The highest BCUT2D eigenvalue weighted by atomic mass is 32.1. The second-order valence-corrected chi connectivity index (χ2v) is 8.51. The highest BCUT2D eigenvalue weighted by molar-refractivity contribution is 7.80. The molecule has 2 aromatic rings. The van der Waals surface area contributed by atoms with Gasteiger partial charge in [-0.25, -0.2) is 9.59 Å². The minimum atomic E-state index is -1.83. The largest absolute Gasteiger partial charge is 0.445 e. The normalized spacial score (nSPS) is 19.4. The number of ether oxygens (including phenoxy) is 2. The fraction of sp³-hybridized carbons (Fsp3) is 0.304. The Morgan fingerprint density at radius 2 is 1.48 bits per heavy atom. The summed E-state index contributed by atoms with van der Waals surface area (Å²) in [6.07, 6.45) is -2.81. The molecule has 0 aliphatic carbocycles. The summed E-state index contributed by atoms with van der Waals surface area (Å²) in [4.78, 5) is 41.9. The molecule has 0 saturated carbocycles. The Morgan fingerprint density at radius 3 is 2.12 bits per heavy atom. The average molecular weight is 469 g/mol. The van der Waals surface area contributed by atoms with E-state index in [2.05, 4.69) is 5.32 Å². The quantitative estimate of drug-likeness (QED) is 0.681. The van der Waals surface area contributed by atoms with Crippen LogP contribution in [-0.4, -0.2) is 45.4 Å². The van der Waals surface area contributed by atoms with Crippen LogP contribution in [0.4, 0.5) is 21.0 Å². The summed E-state index contributed by atoms with van der Waals surface area (Å²) < 4.78 is 10.7. The van der Waals surface area contributed by atoms with E-state index in [4.69, 9.17) is 21.7 Å². The summed E-state index contributed by atoms with van der Waals surface area (Å²) in [5, 5.41) is 4.55. The number of nitrogens with zero attached hydrogens (tertiary/aromatic N) is 3. The molecule has 9 nitrogen and oxygen atoms in total. The molecule has 4 rings (SSSR count). The Labute approximate surface area is 196 Å². The number of para-hydroxylation sites is 2. The van der Waals surface area contributed by atoms with Gasteiger partial charge in [0.15, 0.2) is 0 Å². The average Bonchev–Trinajstić information content (AvgIpc) is 3.20. The van der Waals surface area contributed by atoms with Crippen molar-refractivity contribution < 1.29 is 23.9 Å². The standard InChI is InChI=1S/C23H24N4O5S/c1-14(2)31-21(29)26-20(33)24-23(27(26)22(30)32-15(3)4)17-12-8-9-13-18(17)25(19(23)28)16-10-6-5-7-11-16/h5-15H,1-4H3,(H,24,33). The van der Waals surface area contributed by atoms with Crippen LogP contribution in [0.3, 0.4) is 0 Å². The molecule has 172 valence electrons. The number of hydrogen-bond acceptors (Lipinski definition) is 6. The van der Waals surface area contributed by atoms with Gasteiger partial charge in [-0.2, -0.15) is 10.0 Å². The molecule has 33 heavy (non-hydrogen) atoms. The molecule has 1 saturated heterocycles. The number of anilines is 2. The topological polar surface area (TPSA) is 91.4 Å². The number of carbonyl (C=O) groups is 3. The Hall–Kier alpha value is -3.66. The molecule has 10 heteroatoms. The predicted molar refractivity (Wildman–Crippen MR) is 124 cm³/mol. The van der Waals surface area contributed by atoms with E-state index in [-0.39, 0.29) is 5.11 Å². The lowest BCUT2D eigenvalue weighted by Crippen LogP contribution is -2.60. The molecule has 0 radical (unpaired) electrons. The van der Waals surface area contributed by atoms with Gasteiger partial charge in [-0.15, -0.1) is 0 Å². The van der Waals surface area contributed by atoms with Crippen LogP contribution in [0, 0.1) is 0 Å². The van der Waals surface area contributed by atoms with Crippen LogP contribution in [0.15, 0.2) is 54.6 Å². The van der Waals surface area contributed by atoms with Gasteiger partial charge in [-0.3, -0.25) is 9.69 Å². The molecule has 1 spiro atoms. The number of fused-ring (bicyclic) bond motifs is 2. The Kier molecular flexibility index (Phi) is 5.71. The summed E-state index contributed by atoms with van der Waals surface area (Å²) in [5.41, 5.74) is -0.238. The van der Waals surface area contributed by atoms with E-state index in [0.717, 1.165) is 10.0 Å². The van der Waals surface area contributed by atoms with Crippen molar-refractivity contribution in [3.05, 3.63) is 60.2 Å². The van der Waals surface area contributed by atoms with Crippen LogP contribution >= 0.6 is 12.2 Å². The van der Waals surface area contributed by atoms with E-state index >= 15 is 0 Å². The summed E-state index contributed by atoms with van der Waals surface area (Å²) >= 11 is 5.42. The van der Waals surface area contributed by atoms with Gasteiger partial charge in [0.05, 0.1) is 17.9 Å². The van der Waals surface area contributed by atoms with Crippen LogP contribution in [0.5, 0.6) is 0 Å². The lowest BCUT2D eigenvalue weighted by Gasteiger charge is -2.34. The van der Waals surface area contributed by atoms with E-state index in [1.807, 2.05) is 6.07 Å². The van der Waals surface area contributed by atoms with Crippen molar-refractivity contribution in [2.45, 2.75) is 45.6 Å². The van der Waals surface area contributed by atoms with Gasteiger partial charge in [0.25, 0.3) is 5.91 Å². The highest BCUT2D eigenvalue weighted by Gasteiger charge is 2.66. The Balaban J connectivity index is 1.91. The van der Waals surface area contributed by atoms with Crippen molar-refractivity contribution in [3.8, 4) is 0 Å². The third-order valence-electron chi connectivity index (χ3n) is 5.08. The first-order valence-electron chi connectivity index (χ1n) is 10.5. The minimum absolute atomic E-state index is 0.153. The molecule has 1 fully saturated rings. The molecule has 2 aliphatic rings. The third-order valence-corrected chi connectivity index (χ3v) is 5.35. The maximum absolute atomic E-state index is 14.1. The Morgan fingerprint density at radius 1 is 0.909 bits per heavy atom. The van der Waals surface area contributed by atoms with Gasteiger partial charge in [0.2, 0.25) is 10.8 Å². The number of nitrogens with one attached hydrogen (secondary N) is 1. The predicted octanol–water partition coefficient (Wildman–Crippen LogP) is 4.01. The van der Waals surface area contributed by atoms with E-state index < -0.39 is 36.0 Å². The summed E-state index contributed by atoms with van der Waals surface area (Å²) in [5.74, 6) is -0.516. The van der Waals surface area contributed by atoms with E-state index in [9.17, 15) is 14.4 Å². The number of amides is 3. The Bertz CT molecular complexity index is 1120. The van der Waals surface area contributed by atoms with Gasteiger partial charge >= 0.3 is 12.2 Å². The van der Waals surface area contributed by atoms with Crippen molar-refractivity contribution in [1.82, 2.24) is 15.3 Å². The highest BCUT2D eigenvalue weighted by Crippen LogP contribution is 2.48. The lowest BCUT2D eigenvalue weighted by molar-refractivity contribution is -0.133. The first-order chi connectivity index (χ1) is 15.7. The smallest absolute Gasteiger partial charge is 0.436 e. The van der Waals surface area contributed by atoms with Gasteiger partial charge in [0, 0.05) is 11.3 Å². The molecule has 2 aromatic carbocycles. The monoisotopic (exact) mass is 468 g/mol. The van der Waals surface area contributed by atoms with Gasteiger partial charge in [-0.05, 0) is 58.1 Å². The van der Waals surface area contributed by atoms with Crippen LogP contribution in [-0.2, 0) is 19.9 Å². The van der Waals surface area contributed by atoms with Gasteiger partial charge < -0.3 is 14.8 Å². The summed E-state index contributed by atoms with van der Waals surface area (Å²) in [6.45, 7) is 6.68. The zero-order valence-electron chi connectivity index (χ0n) is 18.6. The molecule has 1 N–H and O–H groups in total. The van der Waals surface area contributed by atoms with Crippen molar-refractivity contribution >= 4 is 46.8 Å². The maximum atomic E-state index is 14.1. The molecular weight excluding hydrogens is 444 g/mol. The molecule has 1 atom stereocenters. The van der Waals surface area contributed by atoms with Crippen molar-refractivity contribution in [2.75, 3.05) is 4.90 Å². The SMILES string of the molecule is CC(C)OC(=O)N1C(=S)NC2(C(=O)N(c3ccccc3)c3ccccc32)N1C(=O)OC(C)C. The van der Waals surface area contributed by atoms with E-state index in [0.29, 0.717) is 16.9 Å². The van der Waals surface area contributed by atoms with Crippen molar-refractivity contribution in [1.29, 1.82) is 0 Å². The second-order valence-electron chi connectivity index (χ2n) is 8.12. The number of benzene rings is 2. The number of thiocarbonyl (C=S) groups is 1. The van der Waals surface area contributed by atoms with E-state index in [1.165, 1.54) is 4.90 Å². The van der Waals surface area contributed by atoms with Crippen molar-refractivity contribution in [2.24, 2.45) is 0 Å². The van der Waals surface area contributed by atoms with Gasteiger partial charge in [-0.1, -0.05) is 36.4 Å². The molecular formula is C23H24N4O5S. The van der Waals surface area contributed by atoms with Crippen molar-refractivity contribution in [3.63, 3.8) is 0 Å². The molecule has 2 aliphatic heterocycles. The maximum Gasteiger partial charge on any atom is 0.436 e. The molecule has 3 amide bonds. The fourth-order valence-electron chi connectivity index (χ4n) is 3.91. The first-order valence-corrected chi connectivity index (χ1v) is 10.9. The summed E-state index contributed by atoms with van der Waals surface area (Å²) in [7, 11) is 0. The lowest BCUT2D eigenvalue weighted by atomic mass is 10.0. The number of carbonyl (C=O) groups excluding carboxylic acids is 3. The molecule has 1 unspecified atom stereocenters. The van der Waals surface area contributed by atoms with Crippen LogP contribution in [0.1, 0.15) is 33.3 Å². The first kappa shape index (κ1) is 22.5. The van der Waals surface area contributed by atoms with E-state index in [1.54, 1.807) is 76.2 Å². The molecule has 0 bridgehead atoms. The molecule has 0 aromatic heterocycles. The van der Waals surface area contributed by atoms with Crippen LogP contribution in [0.25, 0.3) is 0 Å². The number of hydrazine groups is 1. The van der Waals surface area contributed by atoms with Crippen LogP contribution < -0.4 is 10.2 Å². The second kappa shape index (κ2) is 8.36. The summed E-state index contributed by atoms with van der Waals surface area (Å²) in [6, 6.07) is 16.0. The zero-order chi connectivity index (χ0) is 23.9.